The SMILES string of the molecule is N#CC1CCC(c2ccccc2)N(Cc2ccccc2)C1. The fraction of sp³-hybridized carbons (Fsp3) is 0.316. The highest BCUT2D eigenvalue weighted by Gasteiger charge is 2.29. The molecule has 2 aromatic rings. The third kappa shape index (κ3) is 3.32. The molecule has 1 aliphatic heterocycles. The highest BCUT2D eigenvalue weighted by molar-refractivity contribution is 5.21. The van der Waals surface area contributed by atoms with E-state index in [0.29, 0.717) is 6.04 Å². The van der Waals surface area contributed by atoms with Crippen molar-refractivity contribution in [2.75, 3.05) is 6.54 Å². The summed E-state index contributed by atoms with van der Waals surface area (Å²) in [5.74, 6) is 0.161. The predicted octanol–water partition coefficient (Wildman–Crippen LogP) is 4.16. The van der Waals surface area contributed by atoms with Crippen LogP contribution in [0, 0.1) is 17.2 Å². The quantitative estimate of drug-likeness (QED) is 0.841. The number of hydrogen-bond acceptors (Lipinski definition) is 2. The molecular formula is C19H20N2. The maximum absolute atomic E-state index is 9.26. The summed E-state index contributed by atoms with van der Waals surface area (Å²) >= 11 is 0. The van der Waals surface area contributed by atoms with E-state index in [4.69, 9.17) is 0 Å². The van der Waals surface area contributed by atoms with Crippen LogP contribution in [0.3, 0.4) is 0 Å². The predicted molar refractivity (Wildman–Crippen MR) is 84.4 cm³/mol. The number of likely N-dealkylation sites (tertiary alicyclic amines) is 1. The van der Waals surface area contributed by atoms with E-state index >= 15 is 0 Å². The molecule has 0 spiro atoms. The van der Waals surface area contributed by atoms with Gasteiger partial charge in [-0.3, -0.25) is 4.90 Å². The molecule has 0 saturated carbocycles. The monoisotopic (exact) mass is 276 g/mol. The maximum Gasteiger partial charge on any atom is 0.0669 e. The average molecular weight is 276 g/mol. The Balaban J connectivity index is 1.82. The van der Waals surface area contributed by atoms with Crippen molar-refractivity contribution in [1.29, 1.82) is 5.26 Å². The maximum atomic E-state index is 9.26. The number of benzene rings is 2. The molecule has 2 aromatic carbocycles. The number of piperidine rings is 1. The van der Waals surface area contributed by atoms with E-state index < -0.39 is 0 Å². The molecule has 106 valence electrons. The second-order valence-electron chi connectivity index (χ2n) is 5.74. The van der Waals surface area contributed by atoms with Gasteiger partial charge in [-0.2, -0.15) is 5.26 Å². The molecule has 1 heterocycles. The minimum atomic E-state index is 0.161. The highest BCUT2D eigenvalue weighted by Crippen LogP contribution is 2.34. The van der Waals surface area contributed by atoms with Gasteiger partial charge in [-0.05, 0) is 24.0 Å². The van der Waals surface area contributed by atoms with Gasteiger partial charge in [0.25, 0.3) is 0 Å². The zero-order valence-corrected chi connectivity index (χ0v) is 12.2. The minimum Gasteiger partial charge on any atom is -0.291 e. The van der Waals surface area contributed by atoms with Crippen LogP contribution in [0.25, 0.3) is 0 Å². The lowest BCUT2D eigenvalue weighted by atomic mass is 9.89. The molecule has 1 aliphatic rings. The minimum absolute atomic E-state index is 0.161. The standard InChI is InChI=1S/C19H20N2/c20-13-17-11-12-19(18-9-5-2-6-10-18)21(15-17)14-16-7-3-1-4-8-16/h1-10,17,19H,11-12,14-15H2. The molecule has 0 N–H and O–H groups in total. The van der Waals surface area contributed by atoms with Gasteiger partial charge in [-0.1, -0.05) is 60.7 Å². The first kappa shape index (κ1) is 13.9. The lowest BCUT2D eigenvalue weighted by Gasteiger charge is -2.38. The number of hydrogen-bond donors (Lipinski definition) is 0. The summed E-state index contributed by atoms with van der Waals surface area (Å²) in [5, 5.41) is 9.26. The van der Waals surface area contributed by atoms with Crippen LogP contribution in [0.2, 0.25) is 0 Å². The van der Waals surface area contributed by atoms with E-state index in [9.17, 15) is 5.26 Å². The molecular weight excluding hydrogens is 256 g/mol. The number of nitriles is 1. The lowest BCUT2D eigenvalue weighted by Crippen LogP contribution is -2.37. The Bertz CT molecular complexity index is 600. The van der Waals surface area contributed by atoms with Gasteiger partial charge >= 0.3 is 0 Å². The fourth-order valence-corrected chi connectivity index (χ4v) is 3.19. The first-order chi connectivity index (χ1) is 10.4. The van der Waals surface area contributed by atoms with E-state index in [1.165, 1.54) is 11.1 Å². The van der Waals surface area contributed by atoms with E-state index in [1.807, 2.05) is 6.07 Å². The van der Waals surface area contributed by atoms with Crippen molar-refractivity contribution in [2.24, 2.45) is 5.92 Å². The van der Waals surface area contributed by atoms with Crippen molar-refractivity contribution in [3.8, 4) is 6.07 Å². The molecule has 0 amide bonds. The Hall–Kier alpha value is -2.11. The average Bonchev–Trinajstić information content (AvgIpc) is 2.56. The Kier molecular flexibility index (Phi) is 4.33. The van der Waals surface area contributed by atoms with Crippen molar-refractivity contribution in [1.82, 2.24) is 4.90 Å². The number of nitrogens with zero attached hydrogens (tertiary/aromatic N) is 2. The van der Waals surface area contributed by atoms with Crippen LogP contribution < -0.4 is 0 Å². The summed E-state index contributed by atoms with van der Waals surface area (Å²) < 4.78 is 0. The van der Waals surface area contributed by atoms with Gasteiger partial charge in [-0.15, -0.1) is 0 Å². The van der Waals surface area contributed by atoms with Crippen LogP contribution in [-0.2, 0) is 6.54 Å². The molecule has 0 bridgehead atoms. The van der Waals surface area contributed by atoms with E-state index in [1.54, 1.807) is 0 Å². The van der Waals surface area contributed by atoms with Crippen LogP contribution in [-0.4, -0.2) is 11.4 Å². The van der Waals surface area contributed by atoms with E-state index in [2.05, 4.69) is 65.6 Å². The summed E-state index contributed by atoms with van der Waals surface area (Å²) in [6.07, 6.45) is 2.07. The molecule has 2 atom stereocenters. The van der Waals surface area contributed by atoms with Gasteiger partial charge < -0.3 is 0 Å². The van der Waals surface area contributed by atoms with Gasteiger partial charge in [-0.25, -0.2) is 0 Å². The molecule has 2 nitrogen and oxygen atoms in total. The van der Waals surface area contributed by atoms with Crippen molar-refractivity contribution >= 4 is 0 Å². The van der Waals surface area contributed by atoms with Crippen LogP contribution >= 0.6 is 0 Å². The topological polar surface area (TPSA) is 27.0 Å². The highest BCUT2D eigenvalue weighted by atomic mass is 15.2. The summed E-state index contributed by atoms with van der Waals surface area (Å²) in [5.41, 5.74) is 2.68. The van der Waals surface area contributed by atoms with Crippen molar-refractivity contribution < 1.29 is 0 Å². The lowest BCUT2D eigenvalue weighted by molar-refractivity contribution is 0.118. The van der Waals surface area contributed by atoms with Gasteiger partial charge in [0.2, 0.25) is 0 Å². The Morgan fingerprint density at radius 2 is 1.62 bits per heavy atom. The zero-order chi connectivity index (χ0) is 14.5. The van der Waals surface area contributed by atoms with E-state index in [-0.39, 0.29) is 5.92 Å². The van der Waals surface area contributed by atoms with Crippen molar-refractivity contribution in [3.05, 3.63) is 71.8 Å². The van der Waals surface area contributed by atoms with Gasteiger partial charge in [0.15, 0.2) is 0 Å². The molecule has 0 aliphatic carbocycles. The Morgan fingerprint density at radius 1 is 0.952 bits per heavy atom. The second kappa shape index (κ2) is 6.56. The molecule has 3 rings (SSSR count). The second-order valence-corrected chi connectivity index (χ2v) is 5.74. The third-order valence-electron chi connectivity index (χ3n) is 4.28. The van der Waals surface area contributed by atoms with Crippen molar-refractivity contribution in [3.63, 3.8) is 0 Å². The molecule has 2 unspecified atom stereocenters. The molecule has 0 aromatic heterocycles. The zero-order valence-electron chi connectivity index (χ0n) is 12.2. The molecule has 21 heavy (non-hydrogen) atoms. The molecule has 1 saturated heterocycles. The van der Waals surface area contributed by atoms with Crippen LogP contribution in [0.5, 0.6) is 0 Å². The van der Waals surface area contributed by atoms with Crippen LogP contribution in [0.4, 0.5) is 0 Å². The smallest absolute Gasteiger partial charge is 0.0669 e. The van der Waals surface area contributed by atoms with Gasteiger partial charge in [0.1, 0.15) is 0 Å². The van der Waals surface area contributed by atoms with Crippen molar-refractivity contribution in [2.45, 2.75) is 25.4 Å². The first-order valence-corrected chi connectivity index (χ1v) is 7.59. The Labute approximate surface area is 126 Å². The summed E-state index contributed by atoms with van der Waals surface area (Å²) in [6, 6.07) is 24.1. The summed E-state index contributed by atoms with van der Waals surface area (Å²) in [7, 11) is 0. The van der Waals surface area contributed by atoms with Crippen LogP contribution in [0.1, 0.15) is 30.0 Å². The number of rotatable bonds is 3. The summed E-state index contributed by atoms with van der Waals surface area (Å²) in [4.78, 5) is 2.46. The molecule has 2 heteroatoms. The molecule has 1 fully saturated rings. The normalized spacial score (nSPS) is 22.6. The Morgan fingerprint density at radius 3 is 2.29 bits per heavy atom. The van der Waals surface area contributed by atoms with E-state index in [0.717, 1.165) is 25.9 Å². The van der Waals surface area contributed by atoms with Gasteiger partial charge in [0.05, 0.1) is 12.0 Å². The largest absolute Gasteiger partial charge is 0.291 e. The fourth-order valence-electron chi connectivity index (χ4n) is 3.19. The van der Waals surface area contributed by atoms with Crippen LogP contribution in [0.15, 0.2) is 60.7 Å². The first-order valence-electron chi connectivity index (χ1n) is 7.59. The molecule has 0 radical (unpaired) electrons. The third-order valence-corrected chi connectivity index (χ3v) is 4.28. The van der Waals surface area contributed by atoms with Gasteiger partial charge in [0, 0.05) is 19.1 Å². The summed E-state index contributed by atoms with van der Waals surface area (Å²) in [6.45, 7) is 1.78.